The Morgan fingerprint density at radius 3 is 2.32 bits per heavy atom. The third kappa shape index (κ3) is 3.88. The average molecular weight is 343 g/mol. The fraction of sp³-hybridized carbons (Fsp3) is 0.733. The second-order valence-electron chi connectivity index (χ2n) is 5.85. The van der Waals surface area contributed by atoms with Gasteiger partial charge in [0.15, 0.2) is 0 Å². The molecular weight excluding hydrogens is 320 g/mol. The molecule has 1 heterocycles. The van der Waals surface area contributed by atoms with Gasteiger partial charge in [0, 0.05) is 11.6 Å². The zero-order valence-electron chi connectivity index (χ0n) is 11.8. The minimum Gasteiger partial charge on any atom is -0.346 e. The number of rotatable bonds is 2. The Kier molecular flexibility index (Phi) is 5.58. The Balaban J connectivity index is 2.30. The summed E-state index contributed by atoms with van der Waals surface area (Å²) in [6, 6.07) is 0. The molecule has 0 atom stereocenters. The highest BCUT2D eigenvalue weighted by molar-refractivity contribution is 9.10. The summed E-state index contributed by atoms with van der Waals surface area (Å²) in [6.45, 7) is 4.38. The van der Waals surface area contributed by atoms with Crippen LogP contribution in [0.4, 0.5) is 0 Å². The van der Waals surface area contributed by atoms with Gasteiger partial charge in [-0.05, 0) is 34.7 Å². The van der Waals surface area contributed by atoms with Crippen molar-refractivity contribution < 1.29 is 0 Å². The molecule has 0 unspecified atom stereocenters. The Bertz CT molecular complexity index is 474. The lowest BCUT2D eigenvalue weighted by Crippen LogP contribution is -2.10. The number of hydrogen-bond donors (Lipinski definition) is 1. The van der Waals surface area contributed by atoms with Crippen LogP contribution >= 0.6 is 28.1 Å². The van der Waals surface area contributed by atoms with Crippen molar-refractivity contribution in [2.75, 3.05) is 0 Å². The van der Waals surface area contributed by atoms with Crippen molar-refractivity contribution in [3.63, 3.8) is 0 Å². The van der Waals surface area contributed by atoms with Crippen LogP contribution in [0.2, 0.25) is 0 Å². The van der Waals surface area contributed by atoms with Gasteiger partial charge in [-0.3, -0.25) is 0 Å². The van der Waals surface area contributed by atoms with Gasteiger partial charge in [0.1, 0.15) is 10.5 Å². The Morgan fingerprint density at radius 2 is 1.74 bits per heavy atom. The molecule has 19 heavy (non-hydrogen) atoms. The van der Waals surface area contributed by atoms with Crippen LogP contribution in [0.5, 0.6) is 0 Å². The summed E-state index contributed by atoms with van der Waals surface area (Å²) in [5.41, 5.74) is 1.19. The van der Waals surface area contributed by atoms with Crippen molar-refractivity contribution in [3.05, 3.63) is 20.6 Å². The van der Waals surface area contributed by atoms with Crippen LogP contribution in [0.3, 0.4) is 0 Å². The maximum absolute atomic E-state index is 5.40. The van der Waals surface area contributed by atoms with Gasteiger partial charge in [0.2, 0.25) is 0 Å². The van der Waals surface area contributed by atoms with Gasteiger partial charge in [-0.1, -0.05) is 58.2 Å². The first kappa shape index (κ1) is 15.2. The Labute approximate surface area is 129 Å². The molecule has 0 aromatic carbocycles. The zero-order valence-corrected chi connectivity index (χ0v) is 14.2. The number of nitrogens with one attached hydrogen (secondary N) is 1. The van der Waals surface area contributed by atoms with Gasteiger partial charge in [-0.25, -0.2) is 4.98 Å². The monoisotopic (exact) mass is 342 g/mol. The van der Waals surface area contributed by atoms with E-state index < -0.39 is 0 Å². The standard InChI is InChI=1S/C15H23BrN2S/c1-10(2)13-12(16)15(19)18-14(17-13)11-8-6-4-3-5-7-9-11/h10-11H,3-9H2,1-2H3,(H,17,18,19). The van der Waals surface area contributed by atoms with Crippen molar-refractivity contribution in [3.8, 4) is 0 Å². The highest BCUT2D eigenvalue weighted by atomic mass is 79.9. The van der Waals surface area contributed by atoms with Gasteiger partial charge in [-0.2, -0.15) is 0 Å². The fourth-order valence-corrected chi connectivity index (χ4v) is 3.67. The molecule has 1 fully saturated rings. The summed E-state index contributed by atoms with van der Waals surface area (Å²) in [6.07, 6.45) is 9.26. The third-order valence-electron chi connectivity index (χ3n) is 3.98. The second-order valence-corrected chi connectivity index (χ2v) is 7.03. The molecule has 2 nitrogen and oxygen atoms in total. The van der Waals surface area contributed by atoms with E-state index in [2.05, 4.69) is 39.7 Å². The average Bonchev–Trinajstić information content (AvgIpc) is 2.32. The van der Waals surface area contributed by atoms with Crippen molar-refractivity contribution in [2.45, 2.75) is 70.6 Å². The van der Waals surface area contributed by atoms with Crippen molar-refractivity contribution in [2.24, 2.45) is 0 Å². The van der Waals surface area contributed by atoms with Crippen LogP contribution in [0.1, 0.15) is 82.1 Å². The summed E-state index contributed by atoms with van der Waals surface area (Å²) in [7, 11) is 0. The van der Waals surface area contributed by atoms with E-state index in [1.54, 1.807) is 0 Å². The van der Waals surface area contributed by atoms with Gasteiger partial charge in [-0.15, -0.1) is 0 Å². The van der Waals surface area contributed by atoms with Crippen molar-refractivity contribution in [1.82, 2.24) is 9.97 Å². The highest BCUT2D eigenvalue weighted by Crippen LogP contribution is 2.31. The number of hydrogen-bond acceptors (Lipinski definition) is 2. The molecule has 1 aromatic heterocycles. The molecule has 1 saturated carbocycles. The molecule has 1 N–H and O–H groups in total. The topological polar surface area (TPSA) is 28.7 Å². The van der Waals surface area contributed by atoms with Crippen LogP contribution in [0, 0.1) is 4.64 Å². The van der Waals surface area contributed by atoms with E-state index >= 15 is 0 Å². The maximum Gasteiger partial charge on any atom is 0.144 e. The summed E-state index contributed by atoms with van der Waals surface area (Å²) in [5, 5.41) is 0. The molecule has 0 saturated heterocycles. The molecule has 0 aliphatic heterocycles. The smallest absolute Gasteiger partial charge is 0.144 e. The minimum absolute atomic E-state index is 0.436. The Hall–Kier alpha value is -0.220. The minimum atomic E-state index is 0.436. The first-order valence-corrected chi connectivity index (χ1v) is 8.59. The van der Waals surface area contributed by atoms with E-state index in [0.717, 1.165) is 10.3 Å². The molecular formula is C15H23BrN2S. The molecule has 1 aliphatic carbocycles. The predicted molar refractivity (Wildman–Crippen MR) is 86.3 cm³/mol. The van der Waals surface area contributed by atoms with Crippen LogP contribution in [-0.4, -0.2) is 9.97 Å². The molecule has 0 amide bonds. The number of H-pyrrole nitrogens is 1. The van der Waals surface area contributed by atoms with Gasteiger partial charge in [0.25, 0.3) is 0 Å². The lowest BCUT2D eigenvalue weighted by molar-refractivity contribution is 0.440. The SMILES string of the molecule is CC(C)c1[nH]c(C2CCCCCCC2)nc(=S)c1Br. The lowest BCUT2D eigenvalue weighted by Gasteiger charge is -2.21. The predicted octanol–water partition coefficient (Wildman–Crippen LogP) is 5.85. The van der Waals surface area contributed by atoms with E-state index in [0.29, 0.717) is 16.5 Å². The largest absolute Gasteiger partial charge is 0.346 e. The molecule has 0 bridgehead atoms. The summed E-state index contributed by atoms with van der Waals surface area (Å²) in [4.78, 5) is 8.17. The van der Waals surface area contributed by atoms with Gasteiger partial charge >= 0.3 is 0 Å². The van der Waals surface area contributed by atoms with Crippen LogP contribution in [-0.2, 0) is 0 Å². The number of nitrogens with zero attached hydrogens (tertiary/aromatic N) is 1. The van der Waals surface area contributed by atoms with E-state index in [-0.39, 0.29) is 0 Å². The summed E-state index contributed by atoms with van der Waals surface area (Å²) in [5.74, 6) is 2.11. The van der Waals surface area contributed by atoms with Crippen molar-refractivity contribution >= 4 is 28.1 Å². The Morgan fingerprint density at radius 1 is 1.16 bits per heavy atom. The molecule has 4 heteroatoms. The van der Waals surface area contributed by atoms with Crippen LogP contribution < -0.4 is 0 Å². The zero-order chi connectivity index (χ0) is 13.8. The maximum atomic E-state index is 5.40. The lowest BCUT2D eigenvalue weighted by atomic mass is 9.90. The normalized spacial score (nSPS) is 18.3. The first-order valence-electron chi connectivity index (χ1n) is 7.39. The first-order chi connectivity index (χ1) is 9.09. The molecule has 0 spiro atoms. The van der Waals surface area contributed by atoms with Crippen LogP contribution in [0.25, 0.3) is 0 Å². The molecule has 1 aromatic rings. The molecule has 1 aliphatic rings. The molecule has 0 radical (unpaired) electrons. The van der Waals surface area contributed by atoms with E-state index in [4.69, 9.17) is 12.2 Å². The van der Waals surface area contributed by atoms with E-state index in [1.165, 1.54) is 50.6 Å². The summed E-state index contributed by atoms with van der Waals surface area (Å²) >= 11 is 8.97. The van der Waals surface area contributed by atoms with E-state index in [9.17, 15) is 0 Å². The number of halogens is 1. The summed E-state index contributed by atoms with van der Waals surface area (Å²) < 4.78 is 1.67. The quantitative estimate of drug-likeness (QED) is 0.682. The molecule has 2 rings (SSSR count). The van der Waals surface area contributed by atoms with Crippen molar-refractivity contribution in [1.29, 1.82) is 0 Å². The number of aromatic nitrogens is 2. The van der Waals surface area contributed by atoms with E-state index in [1.807, 2.05) is 0 Å². The second kappa shape index (κ2) is 6.98. The van der Waals surface area contributed by atoms with Crippen LogP contribution in [0.15, 0.2) is 4.47 Å². The van der Waals surface area contributed by atoms with Gasteiger partial charge in [0.05, 0.1) is 4.47 Å². The number of aromatic amines is 1. The highest BCUT2D eigenvalue weighted by Gasteiger charge is 2.18. The molecule has 106 valence electrons. The fourth-order valence-electron chi connectivity index (χ4n) is 2.82. The third-order valence-corrected chi connectivity index (χ3v) is 5.34. The van der Waals surface area contributed by atoms with Gasteiger partial charge < -0.3 is 4.98 Å².